The zero-order valence-electron chi connectivity index (χ0n) is 8.38. The molecule has 0 radical (unpaired) electrons. The first-order valence-corrected chi connectivity index (χ1v) is 5.41. The van der Waals surface area contributed by atoms with Crippen LogP contribution >= 0.6 is 0 Å². The summed E-state index contributed by atoms with van der Waals surface area (Å²) < 4.78 is 0. The van der Waals surface area contributed by atoms with Gasteiger partial charge in [0.15, 0.2) is 0 Å². The standard InChI is InChI=1S/C10H17N3O/c14-10(8-3-4-8)13-7-6-12-9-2-1-5-11-9/h8H,1-7H2,(H,11,12)(H,13,14). The molecule has 0 spiro atoms. The zero-order chi connectivity index (χ0) is 9.80. The highest BCUT2D eigenvalue weighted by Crippen LogP contribution is 2.28. The molecular formula is C10H17N3O. The Kier molecular flexibility index (Phi) is 3.01. The van der Waals surface area contributed by atoms with Crippen LogP contribution in [0.1, 0.15) is 25.7 Å². The lowest BCUT2D eigenvalue weighted by Gasteiger charge is -2.06. The number of nitrogens with zero attached hydrogens (tertiary/aromatic N) is 1. The van der Waals surface area contributed by atoms with Gasteiger partial charge in [0, 0.05) is 32.0 Å². The summed E-state index contributed by atoms with van der Waals surface area (Å²) in [5.41, 5.74) is 0. The predicted octanol–water partition coefficient (Wildman–Crippen LogP) is 0.294. The molecule has 0 bridgehead atoms. The predicted molar refractivity (Wildman–Crippen MR) is 55.3 cm³/mol. The van der Waals surface area contributed by atoms with Crippen molar-refractivity contribution in [2.45, 2.75) is 25.7 Å². The van der Waals surface area contributed by atoms with Crippen LogP contribution in [0.4, 0.5) is 0 Å². The number of hydrogen-bond acceptors (Lipinski definition) is 3. The maximum atomic E-state index is 11.2. The summed E-state index contributed by atoms with van der Waals surface area (Å²) in [6.07, 6.45) is 4.38. The number of nitrogens with one attached hydrogen (secondary N) is 2. The van der Waals surface area contributed by atoms with Crippen molar-refractivity contribution in [3.63, 3.8) is 0 Å². The first kappa shape index (κ1) is 9.49. The molecule has 1 saturated carbocycles. The molecule has 2 rings (SSSR count). The summed E-state index contributed by atoms with van der Waals surface area (Å²) in [6.45, 7) is 2.47. The second kappa shape index (κ2) is 4.44. The van der Waals surface area contributed by atoms with Gasteiger partial charge in [-0.05, 0) is 19.3 Å². The van der Waals surface area contributed by atoms with Gasteiger partial charge in [0.25, 0.3) is 0 Å². The van der Waals surface area contributed by atoms with E-state index in [9.17, 15) is 4.79 Å². The molecule has 14 heavy (non-hydrogen) atoms. The van der Waals surface area contributed by atoms with Crippen molar-refractivity contribution in [2.75, 3.05) is 19.6 Å². The minimum Gasteiger partial charge on any atom is -0.372 e. The van der Waals surface area contributed by atoms with E-state index in [2.05, 4.69) is 15.6 Å². The number of carbonyl (C=O) groups excluding carboxylic acids is 1. The molecule has 0 aromatic carbocycles. The van der Waals surface area contributed by atoms with E-state index in [-0.39, 0.29) is 5.91 Å². The molecule has 2 aliphatic rings. The van der Waals surface area contributed by atoms with Crippen molar-refractivity contribution >= 4 is 11.7 Å². The highest BCUT2D eigenvalue weighted by atomic mass is 16.2. The SMILES string of the molecule is O=C(NCCNC1=NCCC1)C1CC1. The third-order valence-electron chi connectivity index (χ3n) is 2.58. The molecule has 0 saturated heterocycles. The number of amides is 1. The summed E-state index contributed by atoms with van der Waals surface area (Å²) in [6, 6.07) is 0. The molecule has 78 valence electrons. The number of amidine groups is 1. The molecule has 4 heteroatoms. The quantitative estimate of drug-likeness (QED) is 0.634. The third kappa shape index (κ3) is 2.72. The molecule has 0 unspecified atom stereocenters. The maximum absolute atomic E-state index is 11.2. The van der Waals surface area contributed by atoms with Crippen LogP contribution in [0.25, 0.3) is 0 Å². The van der Waals surface area contributed by atoms with Gasteiger partial charge in [-0.15, -0.1) is 0 Å². The van der Waals surface area contributed by atoms with Crippen molar-refractivity contribution in [3.8, 4) is 0 Å². The fourth-order valence-corrected chi connectivity index (χ4v) is 1.57. The van der Waals surface area contributed by atoms with Crippen molar-refractivity contribution in [3.05, 3.63) is 0 Å². The Morgan fingerprint density at radius 1 is 1.43 bits per heavy atom. The Morgan fingerprint density at radius 2 is 2.29 bits per heavy atom. The van der Waals surface area contributed by atoms with E-state index in [1.54, 1.807) is 0 Å². The van der Waals surface area contributed by atoms with Gasteiger partial charge in [-0.3, -0.25) is 9.79 Å². The minimum atomic E-state index is 0.222. The van der Waals surface area contributed by atoms with Crippen molar-refractivity contribution in [1.29, 1.82) is 0 Å². The second-order valence-electron chi connectivity index (χ2n) is 3.92. The molecular weight excluding hydrogens is 178 g/mol. The van der Waals surface area contributed by atoms with Crippen LogP contribution in [0.15, 0.2) is 4.99 Å². The average molecular weight is 195 g/mol. The number of aliphatic imine (C=N–C) groups is 1. The third-order valence-corrected chi connectivity index (χ3v) is 2.58. The van der Waals surface area contributed by atoms with E-state index in [1.807, 2.05) is 0 Å². The smallest absolute Gasteiger partial charge is 0.223 e. The van der Waals surface area contributed by atoms with Crippen LogP contribution in [0.2, 0.25) is 0 Å². The summed E-state index contributed by atoms with van der Waals surface area (Å²) in [5.74, 6) is 1.64. The second-order valence-corrected chi connectivity index (χ2v) is 3.92. The first-order chi connectivity index (χ1) is 6.86. The lowest BCUT2D eigenvalue weighted by Crippen LogP contribution is -2.34. The van der Waals surface area contributed by atoms with Gasteiger partial charge in [0.2, 0.25) is 5.91 Å². The van der Waals surface area contributed by atoms with Crippen molar-refractivity contribution in [2.24, 2.45) is 10.9 Å². The van der Waals surface area contributed by atoms with Crippen LogP contribution < -0.4 is 10.6 Å². The van der Waals surface area contributed by atoms with Crippen LogP contribution in [-0.4, -0.2) is 31.4 Å². The largest absolute Gasteiger partial charge is 0.372 e. The molecule has 0 aromatic heterocycles. The molecule has 2 N–H and O–H groups in total. The van der Waals surface area contributed by atoms with E-state index in [1.165, 1.54) is 0 Å². The highest BCUT2D eigenvalue weighted by Gasteiger charge is 2.28. The van der Waals surface area contributed by atoms with Crippen LogP contribution in [-0.2, 0) is 4.79 Å². The Bertz CT molecular complexity index is 246. The molecule has 0 aromatic rings. The molecule has 1 fully saturated rings. The number of rotatable bonds is 4. The van der Waals surface area contributed by atoms with Gasteiger partial charge in [-0.2, -0.15) is 0 Å². The van der Waals surface area contributed by atoms with E-state index in [0.29, 0.717) is 12.5 Å². The molecule has 1 aliphatic heterocycles. The van der Waals surface area contributed by atoms with Gasteiger partial charge in [0.1, 0.15) is 0 Å². The summed E-state index contributed by atoms with van der Waals surface area (Å²) in [4.78, 5) is 15.5. The van der Waals surface area contributed by atoms with Gasteiger partial charge in [0.05, 0.1) is 5.84 Å². The maximum Gasteiger partial charge on any atom is 0.223 e. The van der Waals surface area contributed by atoms with Crippen molar-refractivity contribution < 1.29 is 4.79 Å². The van der Waals surface area contributed by atoms with Gasteiger partial charge >= 0.3 is 0 Å². The Morgan fingerprint density at radius 3 is 2.93 bits per heavy atom. The Hall–Kier alpha value is -1.06. The van der Waals surface area contributed by atoms with E-state index < -0.39 is 0 Å². The van der Waals surface area contributed by atoms with E-state index in [4.69, 9.17) is 0 Å². The molecule has 1 aliphatic carbocycles. The van der Waals surface area contributed by atoms with Crippen LogP contribution in [0.3, 0.4) is 0 Å². The average Bonchev–Trinajstić information content (AvgIpc) is 2.92. The van der Waals surface area contributed by atoms with E-state index >= 15 is 0 Å². The normalized spacial score (nSPS) is 20.4. The number of carbonyl (C=O) groups is 1. The number of hydrogen-bond donors (Lipinski definition) is 2. The summed E-state index contributed by atoms with van der Waals surface area (Å²) in [7, 11) is 0. The van der Waals surface area contributed by atoms with E-state index in [0.717, 1.165) is 44.6 Å². The topological polar surface area (TPSA) is 53.5 Å². The Labute approximate surface area is 84.2 Å². The lowest BCUT2D eigenvalue weighted by atomic mass is 10.3. The van der Waals surface area contributed by atoms with Gasteiger partial charge < -0.3 is 10.6 Å². The van der Waals surface area contributed by atoms with Crippen molar-refractivity contribution in [1.82, 2.24) is 10.6 Å². The fraction of sp³-hybridized carbons (Fsp3) is 0.800. The fourth-order valence-electron chi connectivity index (χ4n) is 1.57. The van der Waals surface area contributed by atoms with Crippen LogP contribution in [0, 0.1) is 5.92 Å². The highest BCUT2D eigenvalue weighted by molar-refractivity contribution is 5.83. The monoisotopic (exact) mass is 195 g/mol. The molecule has 4 nitrogen and oxygen atoms in total. The zero-order valence-corrected chi connectivity index (χ0v) is 8.38. The molecule has 1 amide bonds. The van der Waals surface area contributed by atoms with Crippen LogP contribution in [0.5, 0.6) is 0 Å². The summed E-state index contributed by atoms with van der Waals surface area (Å²) >= 11 is 0. The van der Waals surface area contributed by atoms with Gasteiger partial charge in [-0.25, -0.2) is 0 Å². The van der Waals surface area contributed by atoms with Gasteiger partial charge in [-0.1, -0.05) is 0 Å². The lowest BCUT2D eigenvalue weighted by molar-refractivity contribution is -0.122. The Balaban J connectivity index is 1.52. The molecule has 1 heterocycles. The minimum absolute atomic E-state index is 0.222. The summed E-state index contributed by atoms with van der Waals surface area (Å²) in [5, 5.41) is 6.14. The molecule has 0 atom stereocenters. The first-order valence-electron chi connectivity index (χ1n) is 5.41.